The Bertz CT molecular complexity index is 514. The molecule has 2 heterocycles. The first-order valence-corrected chi connectivity index (χ1v) is 7.62. The Morgan fingerprint density at radius 2 is 1.38 bits per heavy atom. The predicted molar refractivity (Wildman–Crippen MR) is 75.2 cm³/mol. The SMILES string of the molecule is O=C(O)[C@@]1(OC2(CO)O[C@H](CO)[C@@H](O)[C@@H]2O)O[C@H](CO)[C@@H](O)[C@H](O)[C@H]1O. The summed E-state index contributed by atoms with van der Waals surface area (Å²) in [5, 5.41) is 87.1. The van der Waals surface area contributed by atoms with Crippen molar-refractivity contribution >= 4 is 5.97 Å². The summed E-state index contributed by atoms with van der Waals surface area (Å²) >= 11 is 0. The number of rotatable bonds is 6. The third kappa shape index (κ3) is 3.10. The second-order valence-corrected chi connectivity index (χ2v) is 6.08. The molecule has 26 heavy (non-hydrogen) atoms. The van der Waals surface area contributed by atoms with Gasteiger partial charge in [0.25, 0.3) is 0 Å². The first-order valence-electron chi connectivity index (χ1n) is 7.62. The fraction of sp³-hybridized carbons (Fsp3) is 0.923. The maximum atomic E-state index is 11.8. The monoisotopic (exact) mass is 386 g/mol. The number of hydrogen-bond donors (Lipinski definition) is 9. The molecule has 2 fully saturated rings. The van der Waals surface area contributed by atoms with Crippen molar-refractivity contribution in [2.45, 2.75) is 54.3 Å². The minimum atomic E-state index is -3.19. The molecular formula is C13H22O13. The van der Waals surface area contributed by atoms with Crippen LogP contribution in [-0.4, -0.2) is 126 Å². The number of carbonyl (C=O) groups is 1. The largest absolute Gasteiger partial charge is 0.477 e. The molecule has 13 nitrogen and oxygen atoms in total. The Morgan fingerprint density at radius 3 is 1.81 bits per heavy atom. The van der Waals surface area contributed by atoms with E-state index in [0.717, 1.165) is 0 Å². The highest BCUT2D eigenvalue weighted by Crippen LogP contribution is 2.40. The number of aliphatic hydroxyl groups excluding tert-OH is 8. The molecule has 0 bridgehead atoms. The van der Waals surface area contributed by atoms with E-state index in [1.165, 1.54) is 0 Å². The van der Waals surface area contributed by atoms with Crippen LogP contribution in [-0.2, 0) is 19.0 Å². The van der Waals surface area contributed by atoms with E-state index in [1.54, 1.807) is 0 Å². The van der Waals surface area contributed by atoms with Gasteiger partial charge in [-0.15, -0.1) is 0 Å². The van der Waals surface area contributed by atoms with Gasteiger partial charge in [0, 0.05) is 0 Å². The summed E-state index contributed by atoms with van der Waals surface area (Å²) in [7, 11) is 0. The van der Waals surface area contributed by atoms with Gasteiger partial charge in [-0.25, -0.2) is 4.79 Å². The van der Waals surface area contributed by atoms with Gasteiger partial charge >= 0.3 is 11.8 Å². The van der Waals surface area contributed by atoms with Crippen molar-refractivity contribution in [2.75, 3.05) is 19.8 Å². The second-order valence-electron chi connectivity index (χ2n) is 6.08. The molecule has 0 aliphatic carbocycles. The van der Waals surface area contributed by atoms with Crippen molar-refractivity contribution in [1.82, 2.24) is 0 Å². The minimum Gasteiger partial charge on any atom is -0.477 e. The molecule has 0 aromatic carbocycles. The first kappa shape index (κ1) is 21.3. The Kier molecular flexibility index (Phi) is 6.21. The molecule has 1 unspecified atom stereocenters. The molecule has 2 aliphatic heterocycles. The standard InChI is InChI=1S/C13H22O13/c14-1-4-6(17)8(19)10(21)13(25-4,11(22)23)26-12(3-16)9(20)7(18)5(2-15)24-12/h4-10,14-21H,1-3H2,(H,22,23)/t4-,5-,6-,7-,8+,9+,10-,12?,13-/m1/s1. The van der Waals surface area contributed by atoms with Crippen LogP contribution in [0.4, 0.5) is 0 Å². The van der Waals surface area contributed by atoms with Gasteiger partial charge < -0.3 is 60.2 Å². The molecule has 2 saturated heterocycles. The van der Waals surface area contributed by atoms with Gasteiger partial charge in [-0.2, -0.15) is 0 Å². The minimum absolute atomic E-state index is 0.826. The van der Waals surface area contributed by atoms with Crippen LogP contribution in [0.5, 0.6) is 0 Å². The van der Waals surface area contributed by atoms with Gasteiger partial charge in [0.1, 0.15) is 49.3 Å². The molecule has 0 aromatic heterocycles. The maximum Gasteiger partial charge on any atom is 0.367 e. The lowest BCUT2D eigenvalue weighted by Gasteiger charge is -2.48. The third-order valence-electron chi connectivity index (χ3n) is 4.48. The quantitative estimate of drug-likeness (QED) is 0.207. The fourth-order valence-electron chi connectivity index (χ4n) is 2.95. The Hall–Kier alpha value is -0.970. The number of aliphatic carboxylic acids is 1. The van der Waals surface area contributed by atoms with E-state index in [0.29, 0.717) is 0 Å². The molecule has 9 atom stereocenters. The zero-order valence-corrected chi connectivity index (χ0v) is 13.3. The second kappa shape index (κ2) is 7.57. The summed E-state index contributed by atoms with van der Waals surface area (Å²) in [6.07, 6.45) is -13.5. The smallest absolute Gasteiger partial charge is 0.367 e. The van der Waals surface area contributed by atoms with E-state index in [1.807, 2.05) is 0 Å². The fourth-order valence-corrected chi connectivity index (χ4v) is 2.95. The Labute approximate surface area is 146 Å². The van der Waals surface area contributed by atoms with E-state index in [2.05, 4.69) is 0 Å². The Balaban J connectivity index is 2.45. The van der Waals surface area contributed by atoms with Crippen molar-refractivity contribution < 1.29 is 65.0 Å². The van der Waals surface area contributed by atoms with Crippen LogP contribution in [0.2, 0.25) is 0 Å². The van der Waals surface area contributed by atoms with Crippen LogP contribution in [0, 0.1) is 0 Å². The lowest BCUT2D eigenvalue weighted by molar-refractivity contribution is -0.420. The maximum absolute atomic E-state index is 11.8. The summed E-state index contributed by atoms with van der Waals surface area (Å²) in [5.74, 6) is -7.89. The highest BCUT2D eigenvalue weighted by Gasteiger charge is 2.66. The molecule has 0 radical (unpaired) electrons. The molecule has 2 aliphatic rings. The molecule has 2 rings (SSSR count). The van der Waals surface area contributed by atoms with Crippen LogP contribution in [0.15, 0.2) is 0 Å². The summed E-state index contributed by atoms with van der Waals surface area (Å²) in [6, 6.07) is 0. The number of aliphatic hydroxyl groups is 8. The van der Waals surface area contributed by atoms with E-state index in [4.69, 9.17) is 19.3 Å². The summed E-state index contributed by atoms with van der Waals surface area (Å²) in [5.41, 5.74) is 0. The zero-order chi connectivity index (χ0) is 19.9. The van der Waals surface area contributed by atoms with Gasteiger partial charge in [0.2, 0.25) is 5.79 Å². The van der Waals surface area contributed by atoms with Crippen molar-refractivity contribution in [3.8, 4) is 0 Å². The molecule has 0 amide bonds. The van der Waals surface area contributed by atoms with Gasteiger partial charge in [0.05, 0.1) is 13.2 Å². The average Bonchev–Trinajstić information content (AvgIpc) is 2.87. The predicted octanol–water partition coefficient (Wildman–Crippen LogP) is -5.94. The van der Waals surface area contributed by atoms with Gasteiger partial charge in [-0.1, -0.05) is 0 Å². The molecule has 9 N–H and O–H groups in total. The van der Waals surface area contributed by atoms with Crippen LogP contribution in [0.1, 0.15) is 0 Å². The van der Waals surface area contributed by atoms with E-state index in [-0.39, 0.29) is 0 Å². The number of hydrogen-bond acceptors (Lipinski definition) is 12. The lowest BCUT2D eigenvalue weighted by atomic mass is 9.92. The highest BCUT2D eigenvalue weighted by molar-refractivity contribution is 5.77. The summed E-state index contributed by atoms with van der Waals surface area (Å²) in [4.78, 5) is 11.8. The van der Waals surface area contributed by atoms with E-state index < -0.39 is 80.1 Å². The molecule has 13 heteroatoms. The van der Waals surface area contributed by atoms with Gasteiger partial charge in [-0.05, 0) is 0 Å². The van der Waals surface area contributed by atoms with Crippen LogP contribution >= 0.6 is 0 Å². The lowest BCUT2D eigenvalue weighted by Crippen LogP contribution is -2.72. The summed E-state index contributed by atoms with van der Waals surface area (Å²) < 4.78 is 15.1. The van der Waals surface area contributed by atoms with Crippen LogP contribution < -0.4 is 0 Å². The average molecular weight is 386 g/mol. The third-order valence-corrected chi connectivity index (χ3v) is 4.48. The number of carboxylic acid groups (broad SMARTS) is 1. The van der Waals surface area contributed by atoms with Crippen molar-refractivity contribution in [3.63, 3.8) is 0 Å². The topological polar surface area (TPSA) is 227 Å². The molecule has 152 valence electrons. The summed E-state index contributed by atoms with van der Waals surface area (Å²) in [6.45, 7) is -3.04. The molecule has 0 spiro atoms. The van der Waals surface area contributed by atoms with Gasteiger partial charge in [-0.3, -0.25) is 0 Å². The normalized spacial score (nSPS) is 49.3. The number of ether oxygens (including phenoxy) is 3. The Morgan fingerprint density at radius 1 is 0.846 bits per heavy atom. The molecular weight excluding hydrogens is 364 g/mol. The van der Waals surface area contributed by atoms with Crippen LogP contribution in [0.25, 0.3) is 0 Å². The first-order chi connectivity index (χ1) is 12.1. The highest BCUT2D eigenvalue weighted by atomic mass is 16.8. The van der Waals surface area contributed by atoms with Crippen molar-refractivity contribution in [3.05, 3.63) is 0 Å². The van der Waals surface area contributed by atoms with Crippen molar-refractivity contribution in [2.24, 2.45) is 0 Å². The zero-order valence-electron chi connectivity index (χ0n) is 13.3. The van der Waals surface area contributed by atoms with Crippen molar-refractivity contribution in [1.29, 1.82) is 0 Å². The van der Waals surface area contributed by atoms with E-state index in [9.17, 15) is 45.6 Å². The van der Waals surface area contributed by atoms with E-state index >= 15 is 0 Å². The molecule has 0 aromatic rings. The molecule has 0 saturated carbocycles. The number of carboxylic acids is 1. The van der Waals surface area contributed by atoms with Gasteiger partial charge in [0.15, 0.2) is 0 Å². The van der Waals surface area contributed by atoms with Crippen LogP contribution in [0.3, 0.4) is 0 Å².